The molecular weight excluding hydrogens is 444 g/mol. The van der Waals surface area contributed by atoms with E-state index in [1.54, 1.807) is 0 Å². The SMILES string of the molecule is CC12CCC(c3c(-c4cc5ccncc5c(-c5n[nH]c6c5C5CCC6(C)C5(C)C)n4)n[nH]c31)C2(C)C. The molecule has 4 aromatic rings. The smallest absolute Gasteiger partial charge is 0.115 e. The van der Waals surface area contributed by atoms with Gasteiger partial charge in [0, 0.05) is 51.1 Å². The molecule has 4 aliphatic carbocycles. The fourth-order valence-electron chi connectivity index (χ4n) is 8.89. The molecule has 4 aromatic heterocycles. The number of hydrogen-bond donors (Lipinski definition) is 2. The average Bonchev–Trinajstić information content (AvgIpc) is 3.63. The van der Waals surface area contributed by atoms with E-state index in [4.69, 9.17) is 15.2 Å². The molecule has 0 aliphatic heterocycles. The lowest BCUT2D eigenvalue weighted by Crippen LogP contribution is -2.32. The van der Waals surface area contributed by atoms with Crippen molar-refractivity contribution in [3.8, 4) is 22.8 Å². The number of nitrogens with zero attached hydrogens (tertiary/aromatic N) is 4. The van der Waals surface area contributed by atoms with Crippen LogP contribution in [0.4, 0.5) is 0 Å². The van der Waals surface area contributed by atoms with Gasteiger partial charge in [-0.15, -0.1) is 0 Å². The molecule has 8 rings (SSSR count). The predicted octanol–water partition coefficient (Wildman–Crippen LogP) is 6.76. The van der Waals surface area contributed by atoms with E-state index in [0.717, 1.165) is 33.5 Å². The first-order valence-electron chi connectivity index (χ1n) is 13.5. The van der Waals surface area contributed by atoms with Crippen LogP contribution < -0.4 is 0 Å². The van der Waals surface area contributed by atoms with E-state index in [9.17, 15) is 0 Å². The van der Waals surface area contributed by atoms with Crippen molar-refractivity contribution >= 4 is 10.8 Å². The van der Waals surface area contributed by atoms with Crippen LogP contribution in [0.15, 0.2) is 24.5 Å². The Balaban J connectivity index is 1.37. The van der Waals surface area contributed by atoms with Crippen LogP contribution in [0.25, 0.3) is 33.5 Å². The second kappa shape index (κ2) is 6.09. The highest BCUT2D eigenvalue weighted by molar-refractivity contribution is 5.96. The zero-order chi connectivity index (χ0) is 24.8. The Morgan fingerprint density at radius 3 is 2.00 bits per heavy atom. The van der Waals surface area contributed by atoms with E-state index in [1.807, 2.05) is 12.4 Å². The summed E-state index contributed by atoms with van der Waals surface area (Å²) in [4.78, 5) is 9.82. The maximum atomic E-state index is 5.34. The zero-order valence-corrected chi connectivity index (χ0v) is 22.1. The van der Waals surface area contributed by atoms with Gasteiger partial charge in [0.15, 0.2) is 0 Å². The lowest BCUT2D eigenvalue weighted by Gasteiger charge is -2.34. The Bertz CT molecular complexity index is 1600. The molecule has 6 heteroatoms. The maximum Gasteiger partial charge on any atom is 0.115 e. The van der Waals surface area contributed by atoms with Crippen LogP contribution in [-0.4, -0.2) is 30.4 Å². The normalized spacial score (nSPS) is 32.4. The lowest BCUT2D eigenvalue weighted by molar-refractivity contribution is 0.225. The molecule has 4 atom stereocenters. The quantitative estimate of drug-likeness (QED) is 0.333. The topological polar surface area (TPSA) is 83.1 Å². The molecule has 0 saturated heterocycles. The Labute approximate surface area is 211 Å². The zero-order valence-electron chi connectivity index (χ0n) is 22.1. The summed E-state index contributed by atoms with van der Waals surface area (Å²) in [6, 6.07) is 4.29. The van der Waals surface area contributed by atoms with Crippen LogP contribution >= 0.6 is 0 Å². The summed E-state index contributed by atoms with van der Waals surface area (Å²) in [5, 5.41) is 19.0. The van der Waals surface area contributed by atoms with Gasteiger partial charge < -0.3 is 0 Å². The fraction of sp³-hybridized carbons (Fsp3) is 0.533. The van der Waals surface area contributed by atoms with Crippen molar-refractivity contribution in [1.29, 1.82) is 0 Å². The van der Waals surface area contributed by atoms with Crippen LogP contribution in [0.2, 0.25) is 0 Å². The van der Waals surface area contributed by atoms with Crippen molar-refractivity contribution in [2.45, 2.75) is 89.9 Å². The van der Waals surface area contributed by atoms with Crippen LogP contribution in [0.1, 0.15) is 102 Å². The number of hydrogen-bond acceptors (Lipinski definition) is 4. The Morgan fingerprint density at radius 2 is 1.36 bits per heavy atom. The van der Waals surface area contributed by atoms with Crippen molar-refractivity contribution in [2.24, 2.45) is 10.8 Å². The Hall–Kier alpha value is -3.02. The summed E-state index contributed by atoms with van der Waals surface area (Å²) < 4.78 is 0. The van der Waals surface area contributed by atoms with Crippen LogP contribution in [0, 0.1) is 10.8 Å². The van der Waals surface area contributed by atoms with Gasteiger partial charge in [0.2, 0.25) is 0 Å². The van der Waals surface area contributed by atoms with Crippen molar-refractivity contribution in [2.75, 3.05) is 0 Å². The minimum Gasteiger partial charge on any atom is -0.281 e. The minimum absolute atomic E-state index is 0.132. The summed E-state index contributed by atoms with van der Waals surface area (Å²) in [5.74, 6) is 1.00. The molecule has 6 nitrogen and oxygen atoms in total. The molecule has 4 bridgehead atoms. The van der Waals surface area contributed by atoms with Gasteiger partial charge in [0.1, 0.15) is 17.1 Å². The number of pyridine rings is 2. The molecule has 2 saturated carbocycles. The summed E-state index contributed by atoms with van der Waals surface area (Å²) in [6.45, 7) is 14.5. The highest BCUT2D eigenvalue weighted by atomic mass is 15.2. The molecular formula is C30H34N6. The Kier molecular flexibility index (Phi) is 3.57. The fourth-order valence-corrected chi connectivity index (χ4v) is 8.89. The van der Waals surface area contributed by atoms with E-state index in [1.165, 1.54) is 48.2 Å². The van der Waals surface area contributed by atoms with E-state index >= 15 is 0 Å². The highest BCUT2D eigenvalue weighted by Crippen LogP contribution is 2.69. The van der Waals surface area contributed by atoms with Gasteiger partial charge in [-0.25, -0.2) is 4.98 Å². The van der Waals surface area contributed by atoms with Crippen LogP contribution in [-0.2, 0) is 10.8 Å². The van der Waals surface area contributed by atoms with E-state index in [2.05, 4.69) is 68.9 Å². The molecule has 4 heterocycles. The van der Waals surface area contributed by atoms with Gasteiger partial charge in [0.05, 0.1) is 5.69 Å². The van der Waals surface area contributed by atoms with Crippen molar-refractivity contribution in [1.82, 2.24) is 30.4 Å². The van der Waals surface area contributed by atoms with Crippen molar-refractivity contribution in [3.05, 3.63) is 47.0 Å². The van der Waals surface area contributed by atoms with Crippen molar-refractivity contribution in [3.63, 3.8) is 0 Å². The number of H-pyrrole nitrogens is 2. The number of fused-ring (bicyclic) bond motifs is 11. The Morgan fingerprint density at radius 1 is 0.778 bits per heavy atom. The molecule has 0 aromatic carbocycles. The van der Waals surface area contributed by atoms with Crippen LogP contribution in [0.5, 0.6) is 0 Å². The standard InChI is InChI=1S/C30H34N6/c1-27(2)17-7-10-29(27,5)25-20(17)23(33-35-25)19-13-15-9-12-31-14-16(15)22(32-19)24-21-18-8-11-30(6,28(18,3)4)26(21)36-34-24/h9,12-14,17-18H,7-8,10-11H2,1-6H3,(H,33,35)(H,34,36). The molecule has 4 aliphatic rings. The van der Waals surface area contributed by atoms with Gasteiger partial charge in [-0.1, -0.05) is 41.5 Å². The summed E-state index contributed by atoms with van der Waals surface area (Å²) in [7, 11) is 0. The molecule has 36 heavy (non-hydrogen) atoms. The molecule has 4 unspecified atom stereocenters. The summed E-state index contributed by atoms with van der Waals surface area (Å²) in [5.41, 5.74) is 10.0. The summed E-state index contributed by atoms with van der Waals surface area (Å²) in [6.07, 6.45) is 8.68. The van der Waals surface area contributed by atoms with Gasteiger partial charge >= 0.3 is 0 Å². The number of aromatic amines is 2. The maximum absolute atomic E-state index is 5.34. The number of aromatic nitrogens is 6. The predicted molar refractivity (Wildman–Crippen MR) is 141 cm³/mol. The first kappa shape index (κ1) is 21.1. The second-order valence-electron chi connectivity index (χ2n) is 13.5. The first-order chi connectivity index (χ1) is 17.1. The van der Waals surface area contributed by atoms with Gasteiger partial charge in [0.25, 0.3) is 0 Å². The van der Waals surface area contributed by atoms with Gasteiger partial charge in [-0.3, -0.25) is 15.2 Å². The third-order valence-electron chi connectivity index (χ3n) is 12.0. The largest absolute Gasteiger partial charge is 0.281 e. The molecule has 2 N–H and O–H groups in total. The summed E-state index contributed by atoms with van der Waals surface area (Å²) >= 11 is 0. The number of rotatable bonds is 2. The van der Waals surface area contributed by atoms with E-state index in [-0.39, 0.29) is 21.7 Å². The molecule has 184 valence electrons. The van der Waals surface area contributed by atoms with Gasteiger partial charge in [-0.2, -0.15) is 10.2 Å². The second-order valence-corrected chi connectivity index (χ2v) is 13.5. The van der Waals surface area contributed by atoms with Crippen LogP contribution in [0.3, 0.4) is 0 Å². The van der Waals surface area contributed by atoms with Gasteiger partial charge in [-0.05, 0) is 65.9 Å². The molecule has 0 radical (unpaired) electrons. The first-order valence-corrected chi connectivity index (χ1v) is 13.5. The molecule has 0 spiro atoms. The third-order valence-corrected chi connectivity index (χ3v) is 12.0. The lowest BCUT2D eigenvalue weighted by atomic mass is 9.70. The number of nitrogens with one attached hydrogen (secondary N) is 2. The average molecular weight is 479 g/mol. The van der Waals surface area contributed by atoms with Crippen molar-refractivity contribution < 1.29 is 0 Å². The third kappa shape index (κ3) is 2.07. The minimum atomic E-state index is 0.132. The van der Waals surface area contributed by atoms with E-state index < -0.39 is 0 Å². The molecule has 2 fully saturated rings. The van der Waals surface area contributed by atoms with E-state index in [0.29, 0.717) is 11.8 Å². The highest BCUT2D eigenvalue weighted by Gasteiger charge is 2.63. The molecule has 0 amide bonds. The monoisotopic (exact) mass is 478 g/mol.